The van der Waals surface area contributed by atoms with E-state index in [4.69, 9.17) is 0 Å². The fraction of sp³-hybridized carbons (Fsp3) is 0.0500. The molecule has 0 aliphatic heterocycles. The van der Waals surface area contributed by atoms with Gasteiger partial charge in [0.25, 0.3) is 5.56 Å². The third-order valence-corrected chi connectivity index (χ3v) is 4.77. The number of halogens is 1. The highest BCUT2D eigenvalue weighted by Crippen LogP contribution is 2.36. The van der Waals surface area contributed by atoms with Gasteiger partial charge in [0.15, 0.2) is 0 Å². The van der Waals surface area contributed by atoms with Gasteiger partial charge in [0.2, 0.25) is 5.65 Å². The molecule has 138 valence electrons. The second-order valence-electron chi connectivity index (χ2n) is 6.50. The minimum absolute atomic E-state index is 0.105. The Labute approximate surface area is 157 Å². The number of aromatic nitrogens is 3. The van der Waals surface area contributed by atoms with Crippen molar-refractivity contribution in [1.82, 2.24) is 14.4 Å². The molecule has 2 aromatic carbocycles. The van der Waals surface area contributed by atoms with Gasteiger partial charge in [-0.2, -0.15) is 0 Å². The zero-order valence-electron chi connectivity index (χ0n) is 14.5. The lowest BCUT2D eigenvalue weighted by atomic mass is 10.1. The van der Waals surface area contributed by atoms with Crippen molar-refractivity contribution in [3.8, 4) is 11.3 Å². The maximum absolute atomic E-state index is 13.7. The van der Waals surface area contributed by atoms with Gasteiger partial charge in [-0.05, 0) is 29.8 Å². The summed E-state index contributed by atoms with van der Waals surface area (Å²) in [7, 11) is 0. The molecule has 0 unspecified atom stereocenters. The fourth-order valence-electron chi connectivity index (χ4n) is 3.54. The average Bonchev–Trinajstić information content (AvgIpc) is 3.29. The number of fused-ring (bicyclic) bond motifs is 5. The van der Waals surface area contributed by atoms with E-state index in [1.165, 1.54) is 12.1 Å². The van der Waals surface area contributed by atoms with Gasteiger partial charge in [0.05, 0.1) is 17.1 Å². The fourth-order valence-corrected chi connectivity index (χ4v) is 3.54. The molecule has 0 saturated heterocycles. The summed E-state index contributed by atoms with van der Waals surface area (Å²) in [5.41, 5.74) is 4.36. The maximum atomic E-state index is 13.7. The average molecular weight is 375 g/mol. The minimum Gasteiger partial charge on any atom is -0.317 e. The summed E-state index contributed by atoms with van der Waals surface area (Å²) in [5, 5.41) is 5.20. The van der Waals surface area contributed by atoms with Crippen LogP contribution in [0.25, 0.3) is 16.9 Å². The topological polar surface area (TPSA) is 91.3 Å². The number of aromatic amines is 1. The molecule has 0 bridgehead atoms. The van der Waals surface area contributed by atoms with Crippen LogP contribution in [0, 0.1) is 5.82 Å². The summed E-state index contributed by atoms with van der Waals surface area (Å²) in [5.74, 6) is -0.504. The van der Waals surface area contributed by atoms with Crippen molar-refractivity contribution in [2.75, 3.05) is 10.6 Å². The zero-order valence-corrected chi connectivity index (χ0v) is 14.5. The summed E-state index contributed by atoms with van der Waals surface area (Å²) >= 11 is 0. The van der Waals surface area contributed by atoms with Crippen LogP contribution in [0.15, 0.2) is 59.7 Å². The van der Waals surface area contributed by atoms with Gasteiger partial charge in [-0.25, -0.2) is 14.2 Å². The number of anilines is 2. The molecule has 1 aliphatic carbocycles. The number of hydrogen-bond acceptors (Lipinski definition) is 3. The van der Waals surface area contributed by atoms with Crippen LogP contribution in [0.2, 0.25) is 0 Å². The van der Waals surface area contributed by atoms with Crippen molar-refractivity contribution < 1.29 is 9.18 Å². The van der Waals surface area contributed by atoms with Crippen molar-refractivity contribution in [2.45, 2.75) is 6.42 Å². The molecule has 0 spiro atoms. The third kappa shape index (κ3) is 2.54. The number of hydrogen-bond donors (Lipinski definition) is 3. The Morgan fingerprint density at radius 3 is 2.89 bits per heavy atom. The molecule has 5 rings (SSSR count). The number of imidazole rings is 1. The van der Waals surface area contributed by atoms with Gasteiger partial charge in [-0.1, -0.05) is 18.2 Å². The number of nitrogens with one attached hydrogen (secondary N) is 3. The van der Waals surface area contributed by atoms with E-state index in [0.29, 0.717) is 17.8 Å². The Hall–Kier alpha value is -3.94. The number of H-pyrrole nitrogens is 1. The first-order valence-electron chi connectivity index (χ1n) is 8.64. The standard InChI is InChI=1S/C20H14FN5O2/c21-14-3-1-2-4-15(14)24-20(28)23-12-5-6-13-11(9-12)10-16-17(13)25-19(27)18-22-7-8-26(16)18/h1-9H,10H2,(H,25,27)(H2,23,24,28). The summed E-state index contributed by atoms with van der Waals surface area (Å²) in [6.45, 7) is 0. The molecule has 28 heavy (non-hydrogen) atoms. The summed E-state index contributed by atoms with van der Waals surface area (Å²) in [6, 6.07) is 10.9. The first-order chi connectivity index (χ1) is 13.6. The lowest BCUT2D eigenvalue weighted by molar-refractivity contribution is 0.262. The zero-order chi connectivity index (χ0) is 19.3. The van der Waals surface area contributed by atoms with Gasteiger partial charge >= 0.3 is 6.03 Å². The van der Waals surface area contributed by atoms with E-state index in [1.54, 1.807) is 35.0 Å². The van der Waals surface area contributed by atoms with Crippen molar-refractivity contribution >= 4 is 23.1 Å². The lowest BCUT2D eigenvalue weighted by Gasteiger charge is -2.09. The monoisotopic (exact) mass is 375 g/mol. The van der Waals surface area contributed by atoms with Crippen LogP contribution in [0.1, 0.15) is 11.3 Å². The number of para-hydroxylation sites is 1. The minimum atomic E-state index is -0.536. The van der Waals surface area contributed by atoms with E-state index in [-0.39, 0.29) is 11.2 Å². The molecule has 0 saturated carbocycles. The number of rotatable bonds is 2. The Morgan fingerprint density at radius 1 is 1.18 bits per heavy atom. The number of carbonyl (C=O) groups excluding carboxylic acids is 1. The number of carbonyl (C=O) groups is 1. The third-order valence-electron chi connectivity index (χ3n) is 4.77. The predicted molar refractivity (Wildman–Crippen MR) is 103 cm³/mol. The largest absolute Gasteiger partial charge is 0.323 e. The van der Waals surface area contributed by atoms with Crippen LogP contribution in [-0.4, -0.2) is 20.4 Å². The lowest BCUT2D eigenvalue weighted by Crippen LogP contribution is -2.20. The highest BCUT2D eigenvalue weighted by molar-refractivity contribution is 6.00. The summed E-state index contributed by atoms with van der Waals surface area (Å²) in [6.07, 6.45) is 3.95. The van der Waals surface area contributed by atoms with E-state index in [2.05, 4.69) is 20.6 Å². The Kier molecular flexibility index (Phi) is 3.51. The molecular weight excluding hydrogens is 361 g/mol. The normalized spacial score (nSPS) is 11.9. The van der Waals surface area contributed by atoms with Gasteiger partial charge in [0.1, 0.15) is 5.82 Å². The maximum Gasteiger partial charge on any atom is 0.323 e. The Balaban J connectivity index is 1.42. The Morgan fingerprint density at radius 2 is 2.04 bits per heavy atom. The van der Waals surface area contributed by atoms with Gasteiger partial charge in [0, 0.05) is 30.1 Å². The van der Waals surface area contributed by atoms with Crippen molar-refractivity contribution in [1.29, 1.82) is 0 Å². The predicted octanol–water partition coefficient (Wildman–Crippen LogP) is 3.38. The SMILES string of the molecule is O=C(Nc1ccc2c(c1)Cc1c-2[nH]c(=O)c2nccn12)Nc1ccccc1F. The van der Waals surface area contributed by atoms with Crippen molar-refractivity contribution in [2.24, 2.45) is 0 Å². The molecule has 2 amide bonds. The molecule has 7 nitrogen and oxygen atoms in total. The van der Waals surface area contributed by atoms with Gasteiger partial charge in [-0.15, -0.1) is 0 Å². The van der Waals surface area contributed by atoms with Crippen LogP contribution in [-0.2, 0) is 6.42 Å². The van der Waals surface area contributed by atoms with Gasteiger partial charge < -0.3 is 15.6 Å². The number of nitrogens with zero attached hydrogens (tertiary/aromatic N) is 2. The molecule has 3 N–H and O–H groups in total. The highest BCUT2D eigenvalue weighted by Gasteiger charge is 2.23. The number of urea groups is 1. The van der Waals surface area contributed by atoms with Crippen molar-refractivity contribution in [3.05, 3.63) is 82.3 Å². The van der Waals surface area contributed by atoms with E-state index < -0.39 is 11.8 Å². The van der Waals surface area contributed by atoms with E-state index in [9.17, 15) is 14.0 Å². The second-order valence-corrected chi connectivity index (χ2v) is 6.50. The summed E-state index contributed by atoms with van der Waals surface area (Å²) in [4.78, 5) is 31.4. The van der Waals surface area contributed by atoms with Gasteiger partial charge in [-0.3, -0.25) is 9.20 Å². The second kappa shape index (κ2) is 6.05. The molecule has 1 aliphatic rings. The first kappa shape index (κ1) is 16.2. The van der Waals surface area contributed by atoms with Crippen LogP contribution < -0.4 is 16.2 Å². The van der Waals surface area contributed by atoms with Crippen LogP contribution >= 0.6 is 0 Å². The molecule has 2 aromatic heterocycles. The van der Waals surface area contributed by atoms with Crippen molar-refractivity contribution in [3.63, 3.8) is 0 Å². The number of benzene rings is 2. The molecule has 4 aromatic rings. The first-order valence-corrected chi connectivity index (χ1v) is 8.64. The summed E-state index contributed by atoms with van der Waals surface area (Å²) < 4.78 is 15.5. The molecule has 0 fully saturated rings. The molecule has 2 heterocycles. The molecular formula is C20H14FN5O2. The van der Waals surface area contributed by atoms with E-state index >= 15 is 0 Å². The highest BCUT2D eigenvalue weighted by atomic mass is 19.1. The van der Waals surface area contributed by atoms with Crippen LogP contribution in [0.3, 0.4) is 0 Å². The van der Waals surface area contributed by atoms with E-state index in [1.807, 2.05) is 12.1 Å². The molecule has 8 heteroatoms. The van der Waals surface area contributed by atoms with Crippen LogP contribution in [0.5, 0.6) is 0 Å². The Bertz CT molecular complexity index is 1310. The molecule has 0 radical (unpaired) electrons. The quantitative estimate of drug-likeness (QED) is 0.442. The molecule has 0 atom stereocenters. The number of amides is 2. The smallest absolute Gasteiger partial charge is 0.317 e. The van der Waals surface area contributed by atoms with E-state index in [0.717, 1.165) is 22.5 Å². The van der Waals surface area contributed by atoms with Crippen LogP contribution in [0.4, 0.5) is 20.6 Å².